The summed E-state index contributed by atoms with van der Waals surface area (Å²) < 4.78 is 1.10. The summed E-state index contributed by atoms with van der Waals surface area (Å²) in [6, 6.07) is 7.15. The molecule has 1 aromatic rings. The number of benzene rings is 1. The molecule has 2 atom stereocenters. The molecule has 1 aliphatic rings. The maximum Gasteiger partial charge on any atom is 0.0418 e. The molecule has 1 fully saturated rings. The second-order valence-electron chi connectivity index (χ2n) is 5.74. The number of likely N-dealkylation sites (N-methyl/N-ethyl adjacent to an activating group) is 1. The van der Waals surface area contributed by atoms with Crippen molar-refractivity contribution in [3.8, 4) is 0 Å². The molecule has 1 heterocycles. The van der Waals surface area contributed by atoms with Gasteiger partial charge >= 0.3 is 0 Å². The highest BCUT2D eigenvalue weighted by Gasteiger charge is 2.27. The van der Waals surface area contributed by atoms with Gasteiger partial charge in [-0.05, 0) is 57.6 Å². The summed E-state index contributed by atoms with van der Waals surface area (Å²) in [7, 11) is 4.29. The normalized spacial score (nSPS) is 21.2. The van der Waals surface area contributed by atoms with Gasteiger partial charge in [-0.15, -0.1) is 0 Å². The van der Waals surface area contributed by atoms with Crippen molar-refractivity contribution >= 4 is 21.6 Å². The molecular formula is C15H24BrN3. The van der Waals surface area contributed by atoms with Crippen molar-refractivity contribution in [1.82, 2.24) is 4.90 Å². The molecular weight excluding hydrogens is 302 g/mol. The Labute approximate surface area is 124 Å². The number of anilines is 1. The monoisotopic (exact) mass is 325 g/mol. The third kappa shape index (κ3) is 3.50. The topological polar surface area (TPSA) is 32.5 Å². The lowest BCUT2D eigenvalue weighted by molar-refractivity contribution is 0.372. The smallest absolute Gasteiger partial charge is 0.0418 e. The molecule has 2 unspecified atom stereocenters. The summed E-state index contributed by atoms with van der Waals surface area (Å²) in [6.07, 6.45) is 2.54. The van der Waals surface area contributed by atoms with E-state index < -0.39 is 0 Å². The van der Waals surface area contributed by atoms with Gasteiger partial charge in [0.1, 0.15) is 0 Å². The summed E-state index contributed by atoms with van der Waals surface area (Å²) in [5, 5.41) is 0. The van der Waals surface area contributed by atoms with Crippen molar-refractivity contribution in [2.75, 3.05) is 32.1 Å². The second-order valence-corrected chi connectivity index (χ2v) is 6.66. The molecule has 0 saturated carbocycles. The summed E-state index contributed by atoms with van der Waals surface area (Å²) >= 11 is 3.55. The predicted octanol–water partition coefficient (Wildman–Crippen LogP) is 3.00. The van der Waals surface area contributed by atoms with Gasteiger partial charge in [0, 0.05) is 35.3 Å². The Kier molecular flexibility index (Phi) is 4.87. The Balaban J connectivity index is 2.29. The van der Waals surface area contributed by atoms with E-state index in [-0.39, 0.29) is 6.04 Å². The van der Waals surface area contributed by atoms with Gasteiger partial charge < -0.3 is 15.5 Å². The number of hydrogen-bond donors (Lipinski definition) is 1. The van der Waals surface area contributed by atoms with Crippen molar-refractivity contribution in [2.45, 2.75) is 31.8 Å². The zero-order valence-corrected chi connectivity index (χ0v) is 13.7. The first kappa shape index (κ1) is 14.8. The Morgan fingerprint density at radius 2 is 2.21 bits per heavy atom. The second kappa shape index (κ2) is 6.25. The molecule has 1 saturated heterocycles. The van der Waals surface area contributed by atoms with E-state index in [2.05, 4.69) is 64.9 Å². The van der Waals surface area contributed by atoms with Crippen molar-refractivity contribution in [3.63, 3.8) is 0 Å². The highest BCUT2D eigenvalue weighted by Crippen LogP contribution is 2.33. The minimum absolute atomic E-state index is 0.0631. The SMILES string of the molecule is CC(N)c1cc(Br)ccc1N1CCCC1CN(C)C. The van der Waals surface area contributed by atoms with Gasteiger partial charge in [-0.25, -0.2) is 0 Å². The van der Waals surface area contributed by atoms with Crippen LogP contribution in [0.2, 0.25) is 0 Å². The van der Waals surface area contributed by atoms with E-state index in [0.717, 1.165) is 17.6 Å². The first-order valence-corrected chi connectivity index (χ1v) is 7.74. The fourth-order valence-electron chi connectivity index (χ4n) is 2.92. The van der Waals surface area contributed by atoms with Crippen molar-refractivity contribution < 1.29 is 0 Å². The molecule has 2 rings (SSSR count). The Morgan fingerprint density at radius 3 is 2.84 bits per heavy atom. The van der Waals surface area contributed by atoms with Crippen molar-refractivity contribution in [3.05, 3.63) is 28.2 Å². The largest absolute Gasteiger partial charge is 0.367 e. The van der Waals surface area contributed by atoms with E-state index in [1.165, 1.54) is 24.1 Å². The van der Waals surface area contributed by atoms with Crippen LogP contribution in [0.1, 0.15) is 31.4 Å². The highest BCUT2D eigenvalue weighted by atomic mass is 79.9. The summed E-state index contributed by atoms with van der Waals surface area (Å²) in [6.45, 7) is 4.30. The van der Waals surface area contributed by atoms with E-state index in [0.29, 0.717) is 6.04 Å². The number of rotatable bonds is 4. The van der Waals surface area contributed by atoms with Gasteiger partial charge in [-0.2, -0.15) is 0 Å². The van der Waals surface area contributed by atoms with Crippen LogP contribution in [0.4, 0.5) is 5.69 Å². The maximum atomic E-state index is 6.14. The Hall–Kier alpha value is -0.580. The Bertz CT molecular complexity index is 431. The molecule has 106 valence electrons. The van der Waals surface area contributed by atoms with Crippen molar-refractivity contribution in [1.29, 1.82) is 0 Å². The van der Waals surface area contributed by atoms with E-state index >= 15 is 0 Å². The molecule has 0 bridgehead atoms. The van der Waals surface area contributed by atoms with Crippen molar-refractivity contribution in [2.24, 2.45) is 5.73 Å². The summed E-state index contributed by atoms with van der Waals surface area (Å²) in [4.78, 5) is 4.80. The van der Waals surface area contributed by atoms with E-state index in [9.17, 15) is 0 Å². The van der Waals surface area contributed by atoms with Crippen LogP contribution in [0.5, 0.6) is 0 Å². The fraction of sp³-hybridized carbons (Fsp3) is 0.600. The number of nitrogens with two attached hydrogens (primary N) is 1. The van der Waals surface area contributed by atoms with E-state index in [1.807, 2.05) is 0 Å². The maximum absolute atomic E-state index is 6.14. The first-order valence-electron chi connectivity index (χ1n) is 6.95. The van der Waals surface area contributed by atoms with Crippen LogP contribution < -0.4 is 10.6 Å². The average Bonchev–Trinajstić information content (AvgIpc) is 2.76. The lowest BCUT2D eigenvalue weighted by atomic mass is 10.0. The lowest BCUT2D eigenvalue weighted by Gasteiger charge is -2.31. The number of halogens is 1. The van der Waals surface area contributed by atoms with Crippen LogP contribution in [0.15, 0.2) is 22.7 Å². The minimum atomic E-state index is 0.0631. The molecule has 1 aliphatic heterocycles. The van der Waals surface area contributed by atoms with Gasteiger partial charge in [0.2, 0.25) is 0 Å². The van der Waals surface area contributed by atoms with Crippen LogP contribution in [0.25, 0.3) is 0 Å². The molecule has 2 N–H and O–H groups in total. The van der Waals surface area contributed by atoms with Crippen LogP contribution in [-0.4, -0.2) is 38.1 Å². The predicted molar refractivity (Wildman–Crippen MR) is 85.7 cm³/mol. The number of nitrogens with zero attached hydrogens (tertiary/aromatic N) is 2. The quantitative estimate of drug-likeness (QED) is 0.923. The highest BCUT2D eigenvalue weighted by molar-refractivity contribution is 9.10. The Morgan fingerprint density at radius 1 is 1.47 bits per heavy atom. The van der Waals surface area contributed by atoms with Gasteiger partial charge in [0.25, 0.3) is 0 Å². The molecule has 0 radical (unpaired) electrons. The summed E-state index contributed by atoms with van der Waals surface area (Å²) in [5.41, 5.74) is 8.68. The minimum Gasteiger partial charge on any atom is -0.367 e. The van der Waals surface area contributed by atoms with Crippen LogP contribution in [-0.2, 0) is 0 Å². The third-order valence-corrected chi connectivity index (χ3v) is 4.24. The molecule has 4 heteroatoms. The molecule has 0 aliphatic carbocycles. The van der Waals surface area contributed by atoms with Gasteiger partial charge in [-0.1, -0.05) is 15.9 Å². The zero-order chi connectivity index (χ0) is 14.0. The summed E-state index contributed by atoms with van der Waals surface area (Å²) in [5.74, 6) is 0. The van der Waals surface area contributed by atoms with E-state index in [1.54, 1.807) is 0 Å². The van der Waals surface area contributed by atoms with Crippen LogP contribution in [0, 0.1) is 0 Å². The molecule has 19 heavy (non-hydrogen) atoms. The van der Waals surface area contributed by atoms with Crippen LogP contribution in [0.3, 0.4) is 0 Å². The van der Waals surface area contributed by atoms with Crippen LogP contribution >= 0.6 is 15.9 Å². The number of hydrogen-bond acceptors (Lipinski definition) is 3. The fourth-order valence-corrected chi connectivity index (χ4v) is 3.29. The first-order chi connectivity index (χ1) is 8.99. The van der Waals surface area contributed by atoms with Gasteiger partial charge in [0.05, 0.1) is 0 Å². The van der Waals surface area contributed by atoms with Gasteiger partial charge in [0.15, 0.2) is 0 Å². The van der Waals surface area contributed by atoms with Gasteiger partial charge in [-0.3, -0.25) is 0 Å². The zero-order valence-electron chi connectivity index (χ0n) is 12.1. The molecule has 3 nitrogen and oxygen atoms in total. The lowest BCUT2D eigenvalue weighted by Crippen LogP contribution is -2.38. The van der Waals surface area contributed by atoms with E-state index in [4.69, 9.17) is 5.73 Å². The molecule has 0 amide bonds. The standard InChI is InChI=1S/C15H24BrN3/c1-11(17)14-9-12(16)6-7-15(14)19-8-4-5-13(19)10-18(2)3/h6-7,9,11,13H,4-5,8,10,17H2,1-3H3. The third-order valence-electron chi connectivity index (χ3n) is 3.74. The molecule has 1 aromatic carbocycles. The average molecular weight is 326 g/mol. The molecule has 0 aromatic heterocycles. The molecule has 0 spiro atoms.